The van der Waals surface area contributed by atoms with Crippen molar-refractivity contribution in [3.63, 3.8) is 0 Å². The molecule has 0 fully saturated rings. The van der Waals surface area contributed by atoms with Gasteiger partial charge in [-0.05, 0) is 99.1 Å². The molecule has 310 valence electrons. The van der Waals surface area contributed by atoms with Crippen LogP contribution in [0.1, 0.15) is 25.0 Å². The van der Waals surface area contributed by atoms with E-state index in [0.717, 1.165) is 93.6 Å². The first-order valence-corrected chi connectivity index (χ1v) is 22.3. The van der Waals surface area contributed by atoms with Gasteiger partial charge in [0.2, 0.25) is 0 Å². The molecule has 0 atom stereocenters. The molecule has 4 heterocycles. The molecule has 4 aromatic heterocycles. The quantitative estimate of drug-likeness (QED) is 0.172. The molecule has 0 N–H and O–H groups in total. The summed E-state index contributed by atoms with van der Waals surface area (Å²) in [5.74, 6) is 1.61. The molecule has 1 aliphatic carbocycles. The summed E-state index contributed by atoms with van der Waals surface area (Å²) in [4.78, 5) is 15.8. The van der Waals surface area contributed by atoms with Gasteiger partial charge in [-0.25, -0.2) is 15.0 Å². The van der Waals surface area contributed by atoms with Crippen LogP contribution in [0.5, 0.6) is 0 Å². The van der Waals surface area contributed by atoms with Gasteiger partial charge in [-0.2, -0.15) is 0 Å². The molecule has 6 heteroatoms. The average Bonchev–Trinajstić information content (AvgIpc) is 4.11. The summed E-state index contributed by atoms with van der Waals surface area (Å²) in [6.45, 7) is 4.64. The molecule has 0 aliphatic heterocycles. The van der Waals surface area contributed by atoms with Crippen LogP contribution in [-0.4, -0.2) is 15.0 Å². The zero-order valence-corrected chi connectivity index (χ0v) is 36.0. The van der Waals surface area contributed by atoms with Crippen molar-refractivity contribution < 1.29 is 13.3 Å². The van der Waals surface area contributed by atoms with E-state index in [0.29, 0.717) is 17.5 Å². The summed E-state index contributed by atoms with van der Waals surface area (Å²) in [5, 5.41) is 5.99. The molecule has 0 bridgehead atoms. The van der Waals surface area contributed by atoms with E-state index in [-0.39, 0.29) is 5.41 Å². The van der Waals surface area contributed by atoms with Crippen LogP contribution in [0.3, 0.4) is 0 Å². The number of benzene rings is 9. The number of nitrogens with zero attached hydrogens (tertiary/aromatic N) is 3. The number of hydrogen-bond acceptors (Lipinski definition) is 6. The van der Waals surface area contributed by atoms with Crippen LogP contribution >= 0.6 is 0 Å². The first-order chi connectivity index (χ1) is 32.4. The summed E-state index contributed by atoms with van der Waals surface area (Å²) in [6, 6.07) is 65.6. The number of hydrogen-bond donors (Lipinski definition) is 0. The summed E-state index contributed by atoms with van der Waals surface area (Å²) in [5.41, 5.74) is 17.2. The molecule has 0 radical (unpaired) electrons. The first-order valence-electron chi connectivity index (χ1n) is 22.3. The van der Waals surface area contributed by atoms with E-state index in [1.807, 2.05) is 66.7 Å². The van der Waals surface area contributed by atoms with Gasteiger partial charge in [0.25, 0.3) is 0 Å². The molecule has 13 aromatic rings. The van der Waals surface area contributed by atoms with Crippen molar-refractivity contribution in [1.29, 1.82) is 0 Å². The minimum absolute atomic E-state index is 0.0203. The third-order valence-corrected chi connectivity index (χ3v) is 13.8. The number of para-hydroxylation sites is 2. The van der Waals surface area contributed by atoms with Gasteiger partial charge in [-0.3, -0.25) is 0 Å². The van der Waals surface area contributed by atoms with Gasteiger partial charge in [0.05, 0.1) is 0 Å². The van der Waals surface area contributed by atoms with Crippen molar-refractivity contribution in [2.45, 2.75) is 19.3 Å². The zero-order valence-electron chi connectivity index (χ0n) is 36.0. The number of aromatic nitrogens is 3. The molecule has 0 amide bonds. The second-order valence-corrected chi connectivity index (χ2v) is 17.9. The smallest absolute Gasteiger partial charge is 0.164 e. The molecule has 0 saturated carbocycles. The molecule has 66 heavy (non-hydrogen) atoms. The number of rotatable bonds is 5. The van der Waals surface area contributed by atoms with Crippen LogP contribution in [0.15, 0.2) is 201 Å². The van der Waals surface area contributed by atoms with E-state index in [2.05, 4.69) is 135 Å². The fourth-order valence-electron chi connectivity index (χ4n) is 10.5. The molecule has 0 saturated heterocycles. The van der Waals surface area contributed by atoms with Crippen LogP contribution in [0.2, 0.25) is 0 Å². The summed E-state index contributed by atoms with van der Waals surface area (Å²) >= 11 is 0. The van der Waals surface area contributed by atoms with Crippen LogP contribution in [0.25, 0.3) is 133 Å². The predicted molar refractivity (Wildman–Crippen MR) is 266 cm³/mol. The summed E-state index contributed by atoms with van der Waals surface area (Å²) in [7, 11) is 0. The van der Waals surface area contributed by atoms with Gasteiger partial charge in [0.15, 0.2) is 17.5 Å². The minimum atomic E-state index is -0.0203. The van der Waals surface area contributed by atoms with Gasteiger partial charge in [0, 0.05) is 54.4 Å². The van der Waals surface area contributed by atoms with Crippen molar-refractivity contribution in [3.05, 3.63) is 199 Å². The van der Waals surface area contributed by atoms with E-state index in [1.54, 1.807) is 0 Å². The van der Waals surface area contributed by atoms with Crippen molar-refractivity contribution in [2.75, 3.05) is 0 Å². The Hall–Kier alpha value is -8.61. The number of fused-ring (bicyclic) bond motifs is 12. The highest BCUT2D eigenvalue weighted by atomic mass is 16.3. The van der Waals surface area contributed by atoms with E-state index in [9.17, 15) is 0 Å². The number of furan rings is 3. The lowest BCUT2D eigenvalue weighted by molar-refractivity contribution is 0.660. The van der Waals surface area contributed by atoms with Crippen molar-refractivity contribution >= 4 is 65.8 Å². The molecule has 14 rings (SSSR count). The SMILES string of the molecule is CC1(C)c2ccccc2-c2cc(-c3ccc(-c4ccc5oc6cccc(-c7nc(-c8ccc9c(c8)oc8ccccc89)nc(-c8cccc9oc%10ccccc%10c89)n7)c6c5c4)cc3)ccc21. The monoisotopic (exact) mass is 847 g/mol. The molecule has 1 aliphatic rings. The Morgan fingerprint density at radius 2 is 0.788 bits per heavy atom. The topological polar surface area (TPSA) is 78.1 Å². The Kier molecular flexibility index (Phi) is 7.64. The lowest BCUT2D eigenvalue weighted by atomic mass is 9.82. The Labute approximate surface area is 378 Å². The van der Waals surface area contributed by atoms with Gasteiger partial charge in [-0.15, -0.1) is 0 Å². The van der Waals surface area contributed by atoms with E-state index in [1.165, 1.54) is 33.4 Å². The highest BCUT2D eigenvalue weighted by Gasteiger charge is 2.35. The second kappa shape index (κ2) is 13.7. The van der Waals surface area contributed by atoms with E-state index in [4.69, 9.17) is 28.2 Å². The Bertz CT molecular complexity index is 4150. The van der Waals surface area contributed by atoms with Crippen LogP contribution in [-0.2, 0) is 5.41 Å². The normalized spacial score (nSPS) is 13.1. The van der Waals surface area contributed by atoms with Gasteiger partial charge < -0.3 is 13.3 Å². The largest absolute Gasteiger partial charge is 0.456 e. The van der Waals surface area contributed by atoms with Crippen molar-refractivity contribution in [2.24, 2.45) is 0 Å². The third kappa shape index (κ3) is 5.45. The standard InChI is InChI=1S/C60H37N3O3/c1-60(2)47-16-6-3-11-39(47)45-31-36(26-29-48(45)60)34-21-23-35(24-22-34)37-27-30-51-46(32-37)56-44(15-10-20-53(56)65-51)59-62-57(38-25-28-41-40-12-4-7-17-49(40)66-54(41)33-38)61-58(63-59)43-14-9-19-52-55(43)42-13-5-8-18-50(42)64-52/h3-33H,1-2H3. The molecule has 0 spiro atoms. The van der Waals surface area contributed by atoms with Crippen LogP contribution < -0.4 is 0 Å². The van der Waals surface area contributed by atoms with Crippen LogP contribution in [0.4, 0.5) is 0 Å². The lowest BCUT2D eigenvalue weighted by Gasteiger charge is -2.21. The lowest BCUT2D eigenvalue weighted by Crippen LogP contribution is -2.14. The van der Waals surface area contributed by atoms with Crippen molar-refractivity contribution in [3.8, 4) is 67.5 Å². The Balaban J connectivity index is 0.909. The van der Waals surface area contributed by atoms with Gasteiger partial charge >= 0.3 is 0 Å². The Morgan fingerprint density at radius 1 is 0.303 bits per heavy atom. The summed E-state index contributed by atoms with van der Waals surface area (Å²) in [6.07, 6.45) is 0. The molecular formula is C60H37N3O3. The Morgan fingerprint density at radius 3 is 1.53 bits per heavy atom. The maximum atomic E-state index is 6.56. The highest BCUT2D eigenvalue weighted by Crippen LogP contribution is 2.50. The van der Waals surface area contributed by atoms with E-state index < -0.39 is 0 Å². The predicted octanol–water partition coefficient (Wildman–Crippen LogP) is 16.2. The van der Waals surface area contributed by atoms with Crippen molar-refractivity contribution in [1.82, 2.24) is 15.0 Å². The highest BCUT2D eigenvalue weighted by molar-refractivity contribution is 6.14. The molecule has 9 aromatic carbocycles. The van der Waals surface area contributed by atoms with E-state index >= 15 is 0 Å². The van der Waals surface area contributed by atoms with Gasteiger partial charge in [-0.1, -0.05) is 147 Å². The zero-order chi connectivity index (χ0) is 43.7. The molecular weight excluding hydrogens is 811 g/mol. The summed E-state index contributed by atoms with van der Waals surface area (Å²) < 4.78 is 19.2. The average molecular weight is 848 g/mol. The first kappa shape index (κ1) is 36.8. The molecule has 0 unspecified atom stereocenters. The fourth-order valence-corrected chi connectivity index (χ4v) is 10.5. The fraction of sp³-hybridized carbons (Fsp3) is 0.0500. The maximum absolute atomic E-state index is 6.56. The van der Waals surface area contributed by atoms with Crippen LogP contribution in [0, 0.1) is 0 Å². The maximum Gasteiger partial charge on any atom is 0.164 e. The third-order valence-electron chi connectivity index (χ3n) is 13.8. The van der Waals surface area contributed by atoms with Gasteiger partial charge in [0.1, 0.15) is 33.5 Å². The second-order valence-electron chi connectivity index (χ2n) is 17.9. The minimum Gasteiger partial charge on any atom is -0.456 e. The molecule has 6 nitrogen and oxygen atoms in total.